The van der Waals surface area contributed by atoms with Crippen molar-refractivity contribution >= 4 is 23.3 Å². The van der Waals surface area contributed by atoms with Gasteiger partial charge >= 0.3 is 5.69 Å². The van der Waals surface area contributed by atoms with Crippen molar-refractivity contribution in [1.29, 1.82) is 5.26 Å². The van der Waals surface area contributed by atoms with Crippen LogP contribution in [0.15, 0.2) is 40.2 Å². The number of nitriles is 1. The van der Waals surface area contributed by atoms with Crippen LogP contribution in [0.5, 0.6) is 17.5 Å². The number of nitrogens with one attached hydrogen (secondary N) is 2. The van der Waals surface area contributed by atoms with Crippen molar-refractivity contribution in [2.75, 3.05) is 0 Å². The van der Waals surface area contributed by atoms with E-state index in [1.54, 1.807) is 35.0 Å². The number of benzene rings is 1. The Bertz CT molecular complexity index is 1540. The van der Waals surface area contributed by atoms with Crippen molar-refractivity contribution in [3.63, 3.8) is 0 Å². The van der Waals surface area contributed by atoms with Gasteiger partial charge < -0.3 is 14.8 Å². The Kier molecular flexibility index (Phi) is 4.45. The van der Waals surface area contributed by atoms with Crippen LogP contribution >= 0.6 is 11.6 Å². The summed E-state index contributed by atoms with van der Waals surface area (Å²) in [7, 11) is 0. The van der Waals surface area contributed by atoms with E-state index in [0.29, 0.717) is 27.7 Å². The lowest BCUT2D eigenvalue weighted by Crippen LogP contribution is -2.19. The first-order valence-corrected chi connectivity index (χ1v) is 9.71. The molecule has 3 aromatic heterocycles. The molecule has 154 valence electrons. The van der Waals surface area contributed by atoms with Crippen molar-refractivity contribution in [1.82, 2.24) is 24.6 Å². The van der Waals surface area contributed by atoms with Gasteiger partial charge in [-0.2, -0.15) is 19.9 Å². The fourth-order valence-corrected chi connectivity index (χ4v) is 3.21. The van der Waals surface area contributed by atoms with Gasteiger partial charge in [0.25, 0.3) is 0 Å². The third-order valence-corrected chi connectivity index (χ3v) is 4.92. The third-order valence-electron chi connectivity index (χ3n) is 4.63. The van der Waals surface area contributed by atoms with Crippen LogP contribution in [0.3, 0.4) is 0 Å². The second-order valence-corrected chi connectivity index (χ2v) is 7.40. The van der Waals surface area contributed by atoms with E-state index in [0.717, 1.165) is 12.8 Å². The number of nitrogens with zero attached hydrogens (tertiary/aromatic N) is 5. The largest absolute Gasteiger partial charge is 0.493 e. The zero-order valence-corrected chi connectivity index (χ0v) is 16.6. The van der Waals surface area contributed by atoms with Crippen molar-refractivity contribution in [2.24, 2.45) is 4.99 Å². The molecule has 0 spiro atoms. The minimum absolute atomic E-state index is 0.198. The van der Waals surface area contributed by atoms with Crippen LogP contribution in [-0.4, -0.2) is 35.7 Å². The van der Waals surface area contributed by atoms with E-state index in [9.17, 15) is 9.90 Å². The molecule has 1 aromatic carbocycles. The summed E-state index contributed by atoms with van der Waals surface area (Å²) in [4.78, 5) is 25.4. The lowest BCUT2D eigenvalue weighted by atomic mass is 10.2. The molecule has 31 heavy (non-hydrogen) atoms. The number of hydrogen-bond donors (Lipinski definition) is 3. The number of aromatic amines is 2. The van der Waals surface area contributed by atoms with Crippen molar-refractivity contribution < 1.29 is 9.84 Å². The molecule has 1 aliphatic rings. The molecule has 3 heterocycles. The Hall–Kier alpha value is -4.10. The Morgan fingerprint density at radius 1 is 1.35 bits per heavy atom. The molecule has 0 amide bonds. The average Bonchev–Trinajstić information content (AvgIpc) is 3.38. The van der Waals surface area contributed by atoms with Crippen molar-refractivity contribution in [2.45, 2.75) is 18.9 Å². The Morgan fingerprint density at radius 2 is 2.19 bits per heavy atom. The molecule has 5 rings (SSSR count). The molecule has 4 aromatic rings. The minimum Gasteiger partial charge on any atom is -0.493 e. The molecule has 1 saturated carbocycles. The SMILES string of the molecule is N#Cc1ccc(Oc2cc(=NC3CC3)n3nc/c(=C/c4[nH]c(=O)[nH]c4O)c3n2)c(Cl)c1. The third kappa shape index (κ3) is 3.74. The molecule has 0 radical (unpaired) electrons. The number of aromatic nitrogens is 5. The zero-order valence-electron chi connectivity index (χ0n) is 15.8. The number of imidazole rings is 1. The number of H-pyrrole nitrogens is 2. The standard InChI is InChI=1S/C20H14ClN7O3/c21-13-5-10(8-22)1-4-15(13)31-17-7-16(24-12-2-3-12)28-18(26-17)11(9-23-28)6-14-19(29)27-20(30)25-14/h1,4-7,9,12,29H,2-3H2,(H2,25,27,30)/b11-6-,24-16?. The molecular formula is C20H14ClN7O3. The van der Waals surface area contributed by atoms with E-state index in [-0.39, 0.29) is 28.5 Å². The van der Waals surface area contributed by atoms with Gasteiger partial charge in [-0.3, -0.25) is 9.98 Å². The highest BCUT2D eigenvalue weighted by atomic mass is 35.5. The number of ether oxygens (including phenoxy) is 1. The van der Waals surface area contributed by atoms with E-state index in [4.69, 9.17) is 21.6 Å². The summed E-state index contributed by atoms with van der Waals surface area (Å²) in [5, 5.41) is 24.0. The Morgan fingerprint density at radius 3 is 2.87 bits per heavy atom. The van der Waals surface area contributed by atoms with Crippen molar-refractivity contribution in [3.05, 3.63) is 67.9 Å². The van der Waals surface area contributed by atoms with Gasteiger partial charge in [0, 0.05) is 11.3 Å². The quantitative estimate of drug-likeness (QED) is 0.441. The molecule has 0 unspecified atom stereocenters. The van der Waals surface area contributed by atoms with E-state index in [1.165, 1.54) is 6.07 Å². The van der Waals surface area contributed by atoms with Crippen LogP contribution in [0, 0.1) is 11.3 Å². The lowest BCUT2D eigenvalue weighted by Gasteiger charge is -2.07. The molecular weight excluding hydrogens is 422 g/mol. The summed E-state index contributed by atoms with van der Waals surface area (Å²) in [6, 6.07) is 8.60. The fourth-order valence-electron chi connectivity index (χ4n) is 2.99. The topological polar surface area (TPSA) is 144 Å². The van der Waals surface area contributed by atoms with E-state index >= 15 is 0 Å². The van der Waals surface area contributed by atoms with Gasteiger partial charge in [0.15, 0.2) is 11.1 Å². The highest BCUT2D eigenvalue weighted by Crippen LogP contribution is 2.29. The molecule has 0 atom stereocenters. The zero-order chi connectivity index (χ0) is 21.5. The van der Waals surface area contributed by atoms with Crippen molar-refractivity contribution in [3.8, 4) is 23.6 Å². The molecule has 0 saturated heterocycles. The second kappa shape index (κ2) is 7.30. The first kappa shape index (κ1) is 18.9. The number of rotatable bonds is 4. The molecule has 1 aliphatic carbocycles. The van der Waals surface area contributed by atoms with Gasteiger partial charge in [-0.1, -0.05) is 11.6 Å². The predicted octanol–water partition coefficient (Wildman–Crippen LogP) is 1.38. The molecule has 0 aliphatic heterocycles. The summed E-state index contributed by atoms with van der Waals surface area (Å²) in [6.45, 7) is 0. The Balaban J connectivity index is 1.66. The summed E-state index contributed by atoms with van der Waals surface area (Å²) < 4.78 is 7.45. The maximum absolute atomic E-state index is 11.4. The van der Waals surface area contributed by atoms with Gasteiger partial charge in [-0.05, 0) is 37.1 Å². The van der Waals surface area contributed by atoms with Crippen LogP contribution in [0.2, 0.25) is 5.02 Å². The second-order valence-electron chi connectivity index (χ2n) is 6.99. The predicted molar refractivity (Wildman–Crippen MR) is 110 cm³/mol. The van der Waals surface area contributed by atoms with Crippen LogP contribution in [-0.2, 0) is 0 Å². The molecule has 1 fully saturated rings. The Labute approximate surface area is 178 Å². The average molecular weight is 436 g/mol. The van der Waals surface area contributed by atoms with Gasteiger partial charge in [-0.25, -0.2) is 4.79 Å². The summed E-state index contributed by atoms with van der Waals surface area (Å²) >= 11 is 6.23. The smallest absolute Gasteiger partial charge is 0.326 e. The lowest BCUT2D eigenvalue weighted by molar-refractivity contribution is 0.454. The van der Waals surface area contributed by atoms with Gasteiger partial charge in [0.1, 0.15) is 11.4 Å². The maximum atomic E-state index is 11.4. The van der Waals surface area contributed by atoms with Gasteiger partial charge in [-0.15, -0.1) is 0 Å². The van der Waals surface area contributed by atoms with E-state index in [2.05, 4.69) is 25.0 Å². The number of hydrogen-bond acceptors (Lipinski definition) is 7. The van der Waals surface area contributed by atoms with Crippen LogP contribution in [0.4, 0.5) is 0 Å². The molecule has 0 bridgehead atoms. The van der Waals surface area contributed by atoms with Crippen LogP contribution in [0.25, 0.3) is 11.7 Å². The van der Waals surface area contributed by atoms with Gasteiger partial charge in [0.05, 0.1) is 28.9 Å². The number of halogens is 1. The minimum atomic E-state index is -0.530. The molecule has 11 heteroatoms. The van der Waals surface area contributed by atoms with Crippen LogP contribution in [0.1, 0.15) is 24.1 Å². The molecule has 3 N–H and O–H groups in total. The first-order valence-electron chi connectivity index (χ1n) is 9.33. The normalized spacial score (nSPS) is 14.8. The summed E-state index contributed by atoms with van der Waals surface area (Å²) in [6.07, 6.45) is 5.10. The monoisotopic (exact) mass is 435 g/mol. The van der Waals surface area contributed by atoms with Crippen LogP contribution < -0.4 is 21.1 Å². The number of aromatic hydroxyl groups is 1. The number of fused-ring (bicyclic) bond motifs is 1. The summed E-state index contributed by atoms with van der Waals surface area (Å²) in [5.41, 5.74) is 1.06. The maximum Gasteiger partial charge on any atom is 0.326 e. The highest BCUT2D eigenvalue weighted by Gasteiger charge is 2.20. The van der Waals surface area contributed by atoms with E-state index < -0.39 is 5.69 Å². The highest BCUT2D eigenvalue weighted by molar-refractivity contribution is 6.32. The van der Waals surface area contributed by atoms with Gasteiger partial charge in [0.2, 0.25) is 11.8 Å². The van der Waals surface area contributed by atoms with E-state index in [1.807, 2.05) is 6.07 Å². The first-order chi connectivity index (χ1) is 15.0. The molecule has 10 nitrogen and oxygen atoms in total. The fraction of sp³-hybridized carbons (Fsp3) is 0.150. The summed E-state index contributed by atoms with van der Waals surface area (Å²) in [5.74, 6) is 0.289.